The molecule has 0 radical (unpaired) electrons. The molecule has 8 heteroatoms. The molecule has 26 heavy (non-hydrogen) atoms. The van der Waals surface area contributed by atoms with Gasteiger partial charge in [0.2, 0.25) is 21.8 Å². The molecule has 0 spiro atoms. The molecule has 3 rings (SSSR count). The van der Waals surface area contributed by atoms with Crippen molar-refractivity contribution in [3.8, 4) is 0 Å². The molecule has 2 aliphatic rings. The van der Waals surface area contributed by atoms with Crippen molar-refractivity contribution in [1.29, 1.82) is 0 Å². The zero-order valence-electron chi connectivity index (χ0n) is 15.2. The lowest BCUT2D eigenvalue weighted by atomic mass is 10.0. The number of fused-ring (bicyclic) bond motifs is 1. The quantitative estimate of drug-likeness (QED) is 0.857. The van der Waals surface area contributed by atoms with Crippen molar-refractivity contribution in [2.75, 3.05) is 25.0 Å². The molecule has 0 bridgehead atoms. The van der Waals surface area contributed by atoms with Crippen LogP contribution in [-0.2, 0) is 26.0 Å². The maximum atomic E-state index is 12.8. The molecule has 1 saturated heterocycles. The lowest BCUT2D eigenvalue weighted by Crippen LogP contribution is -2.36. The molecule has 1 N–H and O–H groups in total. The SMILES string of the molecule is CC(=O)N1CCCc2cc(S(=O)(=O)NC3CCC(=O)N(C)CC3)ccc21. The van der Waals surface area contributed by atoms with Gasteiger partial charge < -0.3 is 9.80 Å². The molecule has 1 atom stereocenters. The highest BCUT2D eigenvalue weighted by molar-refractivity contribution is 7.89. The minimum absolute atomic E-state index is 0.0353. The van der Waals surface area contributed by atoms with Gasteiger partial charge in [0.15, 0.2) is 0 Å². The first-order chi connectivity index (χ1) is 12.3. The minimum Gasteiger partial charge on any atom is -0.346 e. The van der Waals surface area contributed by atoms with E-state index in [2.05, 4.69) is 4.72 Å². The van der Waals surface area contributed by atoms with Gasteiger partial charge in [-0.05, 0) is 49.4 Å². The number of nitrogens with zero attached hydrogens (tertiary/aromatic N) is 2. The molecule has 1 aromatic rings. The Labute approximate surface area is 154 Å². The monoisotopic (exact) mass is 379 g/mol. The maximum absolute atomic E-state index is 12.8. The fraction of sp³-hybridized carbons (Fsp3) is 0.556. The minimum atomic E-state index is -3.67. The molecule has 0 saturated carbocycles. The van der Waals surface area contributed by atoms with Crippen LogP contribution < -0.4 is 9.62 Å². The predicted molar refractivity (Wildman–Crippen MR) is 98.4 cm³/mol. The summed E-state index contributed by atoms with van der Waals surface area (Å²) < 4.78 is 28.3. The molecule has 2 amide bonds. The molecule has 1 fully saturated rings. The van der Waals surface area contributed by atoms with Crippen molar-refractivity contribution in [1.82, 2.24) is 9.62 Å². The number of amides is 2. The number of carbonyl (C=O) groups is 2. The van der Waals surface area contributed by atoms with Gasteiger partial charge in [0.1, 0.15) is 0 Å². The van der Waals surface area contributed by atoms with Crippen LogP contribution in [0.15, 0.2) is 23.1 Å². The number of sulfonamides is 1. The highest BCUT2D eigenvalue weighted by Gasteiger charge is 2.27. The Morgan fingerprint density at radius 3 is 2.69 bits per heavy atom. The van der Waals surface area contributed by atoms with Crippen LogP contribution in [0.1, 0.15) is 38.2 Å². The van der Waals surface area contributed by atoms with Crippen LogP contribution in [0, 0.1) is 0 Å². The summed E-state index contributed by atoms with van der Waals surface area (Å²) in [7, 11) is -1.93. The number of anilines is 1. The topological polar surface area (TPSA) is 86.8 Å². The summed E-state index contributed by atoms with van der Waals surface area (Å²) in [5.41, 5.74) is 1.68. The first-order valence-electron chi connectivity index (χ1n) is 8.95. The van der Waals surface area contributed by atoms with E-state index in [0.717, 1.165) is 24.1 Å². The number of aryl methyl sites for hydroxylation is 1. The molecule has 0 aromatic heterocycles. The summed E-state index contributed by atoms with van der Waals surface area (Å²) in [4.78, 5) is 27.1. The molecule has 7 nitrogen and oxygen atoms in total. The van der Waals surface area contributed by atoms with E-state index >= 15 is 0 Å². The van der Waals surface area contributed by atoms with Crippen molar-refractivity contribution in [2.45, 2.75) is 50.0 Å². The van der Waals surface area contributed by atoms with E-state index in [0.29, 0.717) is 32.4 Å². The summed E-state index contributed by atoms with van der Waals surface area (Å²) >= 11 is 0. The molecule has 142 valence electrons. The van der Waals surface area contributed by atoms with E-state index < -0.39 is 10.0 Å². The highest BCUT2D eigenvalue weighted by atomic mass is 32.2. The molecular formula is C18H25N3O4S. The molecule has 1 aromatic carbocycles. The summed E-state index contributed by atoms with van der Waals surface area (Å²) in [5, 5.41) is 0. The Hall–Kier alpha value is -1.93. The second-order valence-corrected chi connectivity index (χ2v) is 8.74. The zero-order chi connectivity index (χ0) is 18.9. The normalized spacial score (nSPS) is 21.3. The lowest BCUT2D eigenvalue weighted by molar-refractivity contribution is -0.129. The number of likely N-dealkylation sites (tertiary alicyclic amines) is 1. The Morgan fingerprint density at radius 1 is 1.19 bits per heavy atom. The number of rotatable bonds is 3. The van der Waals surface area contributed by atoms with Gasteiger partial charge in [0, 0.05) is 45.2 Å². The van der Waals surface area contributed by atoms with Gasteiger partial charge in [-0.1, -0.05) is 0 Å². The predicted octanol–water partition coefficient (Wildman–Crippen LogP) is 1.27. The third kappa shape index (κ3) is 3.91. The van der Waals surface area contributed by atoms with E-state index in [1.165, 1.54) is 6.92 Å². The molecule has 2 aliphatic heterocycles. The largest absolute Gasteiger partial charge is 0.346 e. The molecule has 1 unspecified atom stereocenters. The Morgan fingerprint density at radius 2 is 1.96 bits per heavy atom. The number of benzene rings is 1. The van der Waals surface area contributed by atoms with Crippen molar-refractivity contribution in [2.24, 2.45) is 0 Å². The maximum Gasteiger partial charge on any atom is 0.240 e. The second-order valence-electron chi connectivity index (χ2n) is 7.03. The second kappa shape index (κ2) is 7.36. The van der Waals surface area contributed by atoms with Gasteiger partial charge in [-0.3, -0.25) is 9.59 Å². The van der Waals surface area contributed by atoms with Gasteiger partial charge in [0.05, 0.1) is 4.90 Å². The zero-order valence-corrected chi connectivity index (χ0v) is 16.0. The highest BCUT2D eigenvalue weighted by Crippen LogP contribution is 2.29. The van der Waals surface area contributed by atoms with Crippen molar-refractivity contribution < 1.29 is 18.0 Å². The molecule has 0 aliphatic carbocycles. The average molecular weight is 379 g/mol. The van der Waals surface area contributed by atoms with Gasteiger partial charge in [-0.15, -0.1) is 0 Å². The van der Waals surface area contributed by atoms with E-state index in [-0.39, 0.29) is 22.8 Å². The van der Waals surface area contributed by atoms with Crippen molar-refractivity contribution in [3.63, 3.8) is 0 Å². The van der Waals surface area contributed by atoms with Crippen LogP contribution in [0.2, 0.25) is 0 Å². The standard InChI is InChI=1S/C18H25N3O4S/c1-13(22)21-10-3-4-14-12-16(6-7-17(14)21)26(24,25)19-15-5-8-18(23)20(2)11-9-15/h6-7,12,15,19H,3-5,8-11H2,1-2H3. The van der Waals surface area contributed by atoms with E-state index in [1.807, 2.05) is 0 Å². The summed E-state index contributed by atoms with van der Waals surface area (Å²) in [6, 6.07) is 4.69. The van der Waals surface area contributed by atoms with Gasteiger partial charge in [0.25, 0.3) is 0 Å². The van der Waals surface area contributed by atoms with E-state index in [4.69, 9.17) is 0 Å². The van der Waals surface area contributed by atoms with Crippen molar-refractivity contribution >= 4 is 27.5 Å². The number of nitrogens with one attached hydrogen (secondary N) is 1. The van der Waals surface area contributed by atoms with Crippen LogP contribution in [0.25, 0.3) is 0 Å². The van der Waals surface area contributed by atoms with Crippen LogP contribution in [0.3, 0.4) is 0 Å². The molecule has 2 heterocycles. The van der Waals surface area contributed by atoms with Crippen LogP contribution in [0.4, 0.5) is 5.69 Å². The Balaban J connectivity index is 1.79. The summed E-state index contributed by atoms with van der Waals surface area (Å²) in [6.45, 7) is 2.73. The number of carbonyl (C=O) groups excluding carboxylic acids is 2. The fourth-order valence-corrected chi connectivity index (χ4v) is 4.94. The fourth-order valence-electron chi connectivity index (χ4n) is 3.58. The van der Waals surface area contributed by atoms with Crippen LogP contribution in [0.5, 0.6) is 0 Å². The first kappa shape index (κ1) is 18.8. The van der Waals surface area contributed by atoms with Gasteiger partial charge in [-0.2, -0.15) is 0 Å². The number of hydrogen-bond acceptors (Lipinski definition) is 4. The summed E-state index contributed by atoms with van der Waals surface area (Å²) in [5.74, 6) is 0.0109. The third-order valence-corrected chi connectivity index (χ3v) is 6.65. The van der Waals surface area contributed by atoms with E-state index in [9.17, 15) is 18.0 Å². The van der Waals surface area contributed by atoms with E-state index in [1.54, 1.807) is 35.0 Å². The first-order valence-corrected chi connectivity index (χ1v) is 10.4. The average Bonchev–Trinajstić information content (AvgIpc) is 2.76. The number of hydrogen-bond donors (Lipinski definition) is 1. The van der Waals surface area contributed by atoms with Crippen molar-refractivity contribution in [3.05, 3.63) is 23.8 Å². The van der Waals surface area contributed by atoms with Crippen LogP contribution >= 0.6 is 0 Å². The Kier molecular flexibility index (Phi) is 5.34. The lowest BCUT2D eigenvalue weighted by Gasteiger charge is -2.29. The van der Waals surface area contributed by atoms with Gasteiger partial charge >= 0.3 is 0 Å². The van der Waals surface area contributed by atoms with Gasteiger partial charge in [-0.25, -0.2) is 13.1 Å². The Bertz CT molecular complexity index is 822. The van der Waals surface area contributed by atoms with Crippen LogP contribution in [-0.4, -0.2) is 51.3 Å². The smallest absolute Gasteiger partial charge is 0.240 e. The molecular weight excluding hydrogens is 354 g/mol. The summed E-state index contributed by atoms with van der Waals surface area (Å²) in [6.07, 6.45) is 3.03. The third-order valence-electron chi connectivity index (χ3n) is 5.13.